The third-order valence-corrected chi connectivity index (χ3v) is 12.0. The van der Waals surface area contributed by atoms with E-state index in [1.165, 1.54) is 12.5 Å². The molecular formula is C23H34O4Si2. The summed E-state index contributed by atoms with van der Waals surface area (Å²) in [6.45, 7) is 10.6. The average Bonchev–Trinajstić information content (AvgIpc) is 2.62. The van der Waals surface area contributed by atoms with Gasteiger partial charge in [-0.15, -0.1) is 0 Å². The summed E-state index contributed by atoms with van der Waals surface area (Å²) in [5.74, 6) is 1.33. The molecule has 0 saturated heterocycles. The molecule has 2 aromatic carbocycles. The van der Waals surface area contributed by atoms with Crippen molar-refractivity contribution < 1.29 is 18.4 Å². The van der Waals surface area contributed by atoms with Gasteiger partial charge in [-0.05, 0) is 74.4 Å². The van der Waals surface area contributed by atoms with Crippen molar-refractivity contribution in [2.75, 3.05) is 7.11 Å². The van der Waals surface area contributed by atoms with Gasteiger partial charge < -0.3 is 13.6 Å². The maximum atomic E-state index is 11.4. The lowest BCUT2D eigenvalue weighted by Gasteiger charge is -2.34. The Morgan fingerprint density at radius 2 is 1.45 bits per heavy atom. The minimum absolute atomic E-state index is 0.288. The average molecular weight is 431 g/mol. The minimum atomic E-state index is -1.96. The van der Waals surface area contributed by atoms with Crippen molar-refractivity contribution in [3.05, 3.63) is 59.7 Å². The molecule has 0 bridgehead atoms. The van der Waals surface area contributed by atoms with E-state index in [1.807, 2.05) is 36.4 Å². The Balaban J connectivity index is 1.97. The van der Waals surface area contributed by atoms with Gasteiger partial charge in [0.05, 0.1) is 7.11 Å². The van der Waals surface area contributed by atoms with Crippen molar-refractivity contribution in [1.29, 1.82) is 0 Å². The molecule has 158 valence electrons. The molecule has 0 aromatic heterocycles. The quantitative estimate of drug-likeness (QED) is 0.273. The number of para-hydroxylation sites is 2. The molecule has 0 radical (unpaired) electrons. The first kappa shape index (κ1) is 23.4. The third-order valence-electron chi connectivity index (χ3n) is 4.81. The molecule has 2 aromatic rings. The van der Waals surface area contributed by atoms with Gasteiger partial charge in [0.25, 0.3) is 0 Å². The van der Waals surface area contributed by atoms with Gasteiger partial charge in [-0.1, -0.05) is 36.4 Å². The molecular weight excluding hydrogens is 396 g/mol. The summed E-state index contributed by atoms with van der Waals surface area (Å²) in [6, 6.07) is 17.9. The van der Waals surface area contributed by atoms with E-state index in [2.05, 4.69) is 38.3 Å². The molecule has 0 aliphatic heterocycles. The molecule has 0 aliphatic carbocycles. The van der Waals surface area contributed by atoms with Gasteiger partial charge in [0.15, 0.2) is 16.6 Å². The Morgan fingerprint density at radius 3 is 2.07 bits per heavy atom. The molecule has 0 spiro atoms. The number of carbonyl (C=O) groups is 1. The van der Waals surface area contributed by atoms with Crippen LogP contribution in [0.5, 0.6) is 11.5 Å². The van der Waals surface area contributed by atoms with E-state index in [0.29, 0.717) is 5.75 Å². The summed E-state index contributed by atoms with van der Waals surface area (Å²) in [5, 5.41) is 0. The van der Waals surface area contributed by atoms with Gasteiger partial charge in [0.1, 0.15) is 11.5 Å². The van der Waals surface area contributed by atoms with E-state index in [0.717, 1.165) is 36.2 Å². The summed E-state index contributed by atoms with van der Waals surface area (Å²) in [7, 11) is -2.05. The Labute approximate surface area is 177 Å². The summed E-state index contributed by atoms with van der Waals surface area (Å²) < 4.78 is 17.6. The van der Waals surface area contributed by atoms with Crippen LogP contribution in [-0.2, 0) is 21.4 Å². The smallest absolute Gasteiger partial charge is 0.308 e. The summed E-state index contributed by atoms with van der Waals surface area (Å²) in [4.78, 5) is 11.4. The predicted molar refractivity (Wildman–Crippen MR) is 124 cm³/mol. The highest BCUT2D eigenvalue weighted by atomic mass is 28.4. The van der Waals surface area contributed by atoms with Crippen LogP contribution in [0.2, 0.25) is 32.2 Å². The number of methoxy groups -OCH3 is 1. The number of esters is 1. The lowest BCUT2D eigenvalue weighted by molar-refractivity contribution is -0.131. The van der Waals surface area contributed by atoms with Crippen molar-refractivity contribution in [3.8, 4) is 11.5 Å². The SMILES string of the molecule is COc1ccccc1CCC[Si](C)(C)O[Si](C)(C)Cc1ccccc1OC(C)=O. The number of hydrogen-bond donors (Lipinski definition) is 0. The van der Waals surface area contributed by atoms with E-state index in [9.17, 15) is 4.79 Å². The highest BCUT2D eigenvalue weighted by Crippen LogP contribution is 2.28. The number of ether oxygens (including phenoxy) is 2. The number of carbonyl (C=O) groups excluding carboxylic acids is 1. The van der Waals surface area contributed by atoms with E-state index in [4.69, 9.17) is 13.6 Å². The highest BCUT2D eigenvalue weighted by molar-refractivity contribution is 6.84. The van der Waals surface area contributed by atoms with Gasteiger partial charge >= 0.3 is 5.97 Å². The van der Waals surface area contributed by atoms with E-state index in [-0.39, 0.29) is 5.97 Å². The summed E-state index contributed by atoms with van der Waals surface area (Å²) in [5.41, 5.74) is 2.31. The lowest BCUT2D eigenvalue weighted by atomic mass is 10.1. The van der Waals surface area contributed by atoms with Crippen LogP contribution < -0.4 is 9.47 Å². The molecule has 0 amide bonds. The fraction of sp³-hybridized carbons (Fsp3) is 0.435. The number of hydrogen-bond acceptors (Lipinski definition) is 4. The van der Waals surface area contributed by atoms with Crippen LogP contribution >= 0.6 is 0 Å². The predicted octanol–water partition coefficient (Wildman–Crippen LogP) is 5.76. The van der Waals surface area contributed by atoms with Crippen LogP contribution in [0.25, 0.3) is 0 Å². The van der Waals surface area contributed by atoms with Crippen molar-refractivity contribution in [2.24, 2.45) is 0 Å². The molecule has 6 heteroatoms. The first-order chi connectivity index (χ1) is 13.6. The normalized spacial score (nSPS) is 11.9. The van der Waals surface area contributed by atoms with Crippen molar-refractivity contribution >= 4 is 22.6 Å². The summed E-state index contributed by atoms with van der Waals surface area (Å²) >= 11 is 0. The van der Waals surface area contributed by atoms with Crippen molar-refractivity contribution in [1.82, 2.24) is 0 Å². The second-order valence-corrected chi connectivity index (χ2v) is 17.4. The van der Waals surface area contributed by atoms with Crippen LogP contribution in [-0.4, -0.2) is 29.7 Å². The van der Waals surface area contributed by atoms with Gasteiger partial charge in [-0.2, -0.15) is 0 Å². The van der Waals surface area contributed by atoms with Crippen LogP contribution in [0.1, 0.15) is 24.5 Å². The molecule has 2 rings (SSSR count). The van der Waals surface area contributed by atoms with Crippen LogP contribution in [0.3, 0.4) is 0 Å². The minimum Gasteiger partial charge on any atom is -0.496 e. The van der Waals surface area contributed by atoms with E-state index in [1.54, 1.807) is 7.11 Å². The molecule has 29 heavy (non-hydrogen) atoms. The first-order valence-corrected chi connectivity index (χ1v) is 16.4. The zero-order chi connectivity index (χ0) is 21.5. The van der Waals surface area contributed by atoms with E-state index >= 15 is 0 Å². The first-order valence-electron chi connectivity index (χ1n) is 10.2. The van der Waals surface area contributed by atoms with Crippen LogP contribution in [0.4, 0.5) is 0 Å². The van der Waals surface area contributed by atoms with Crippen molar-refractivity contribution in [3.63, 3.8) is 0 Å². The Hall–Kier alpha value is -1.90. The zero-order valence-corrected chi connectivity index (χ0v) is 20.6. The number of rotatable bonds is 10. The second-order valence-electron chi connectivity index (χ2n) is 8.66. The molecule has 4 nitrogen and oxygen atoms in total. The van der Waals surface area contributed by atoms with Gasteiger partial charge in [0.2, 0.25) is 0 Å². The topological polar surface area (TPSA) is 44.8 Å². The van der Waals surface area contributed by atoms with Gasteiger partial charge in [-0.25, -0.2) is 0 Å². The van der Waals surface area contributed by atoms with Crippen LogP contribution in [0, 0.1) is 0 Å². The van der Waals surface area contributed by atoms with Gasteiger partial charge in [0, 0.05) is 6.92 Å². The molecule has 0 atom stereocenters. The standard InChI is InChI=1S/C23H34O4Si2/c1-19(24)26-23-16-10-8-13-21(23)18-29(5,6)27-28(3,4)17-11-14-20-12-7-9-15-22(20)25-2/h7-10,12-13,15-16H,11,14,17-18H2,1-6H3. The second kappa shape index (κ2) is 10.2. The molecule has 0 N–H and O–H groups in total. The number of benzene rings is 2. The number of aryl methyl sites for hydroxylation is 1. The summed E-state index contributed by atoms with van der Waals surface area (Å²) in [6.07, 6.45) is 2.09. The molecule has 0 aliphatic rings. The van der Waals surface area contributed by atoms with Crippen molar-refractivity contribution in [2.45, 2.75) is 58.0 Å². The van der Waals surface area contributed by atoms with Gasteiger partial charge in [-0.3, -0.25) is 4.79 Å². The fourth-order valence-corrected chi connectivity index (χ4v) is 12.7. The van der Waals surface area contributed by atoms with Crippen LogP contribution in [0.15, 0.2) is 48.5 Å². The highest BCUT2D eigenvalue weighted by Gasteiger charge is 2.33. The third kappa shape index (κ3) is 7.80. The lowest BCUT2D eigenvalue weighted by Crippen LogP contribution is -2.46. The Bertz CT molecular complexity index is 818. The molecule has 0 unspecified atom stereocenters. The van der Waals surface area contributed by atoms with E-state index < -0.39 is 16.6 Å². The molecule has 0 heterocycles. The Morgan fingerprint density at radius 1 is 0.862 bits per heavy atom. The monoisotopic (exact) mass is 430 g/mol. The maximum absolute atomic E-state index is 11.4. The molecule has 0 fully saturated rings. The fourth-order valence-electron chi connectivity index (χ4n) is 3.81. The largest absolute Gasteiger partial charge is 0.496 e. The Kier molecular flexibility index (Phi) is 8.25. The zero-order valence-electron chi connectivity index (χ0n) is 18.6. The maximum Gasteiger partial charge on any atom is 0.308 e. The molecule has 0 saturated carbocycles.